The molecule has 3 rings (SSSR count). The minimum absolute atomic E-state index is 0.0633. The van der Waals surface area contributed by atoms with E-state index in [9.17, 15) is 14.4 Å². The predicted molar refractivity (Wildman–Crippen MR) is 87.5 cm³/mol. The fourth-order valence-electron chi connectivity index (χ4n) is 2.83. The van der Waals surface area contributed by atoms with Gasteiger partial charge in [0.2, 0.25) is 5.91 Å². The normalized spacial score (nSPS) is 23.4. The summed E-state index contributed by atoms with van der Waals surface area (Å²) in [7, 11) is 0. The van der Waals surface area contributed by atoms with Crippen LogP contribution in [-0.4, -0.2) is 61.2 Å². The largest absolute Gasteiger partial charge is 0.379 e. The van der Waals surface area contributed by atoms with E-state index in [1.165, 1.54) is 0 Å². The second-order valence-electron chi connectivity index (χ2n) is 6.01. The van der Waals surface area contributed by atoms with Crippen molar-refractivity contribution < 1.29 is 23.9 Å². The number of rotatable bonds is 6. The predicted octanol–water partition coefficient (Wildman–Crippen LogP) is 0.0287. The SMILES string of the molecule is O=C(CN1C(=O)CNC1=O)NC1CCOCC1OCc1ccccc1. The van der Waals surface area contributed by atoms with E-state index in [1.54, 1.807) is 0 Å². The summed E-state index contributed by atoms with van der Waals surface area (Å²) in [5.41, 5.74) is 1.04. The molecule has 1 aromatic rings. The number of hydrogen-bond acceptors (Lipinski definition) is 5. The Labute approximate surface area is 145 Å². The van der Waals surface area contributed by atoms with Crippen LogP contribution in [0.4, 0.5) is 4.79 Å². The average molecular weight is 347 g/mol. The zero-order valence-corrected chi connectivity index (χ0v) is 13.8. The topological polar surface area (TPSA) is 97.0 Å². The molecule has 25 heavy (non-hydrogen) atoms. The summed E-state index contributed by atoms with van der Waals surface area (Å²) < 4.78 is 11.3. The van der Waals surface area contributed by atoms with Gasteiger partial charge in [0.1, 0.15) is 12.6 Å². The number of nitrogens with zero attached hydrogens (tertiary/aromatic N) is 1. The molecular weight excluding hydrogens is 326 g/mol. The van der Waals surface area contributed by atoms with Gasteiger partial charge in [-0.1, -0.05) is 30.3 Å². The third-order valence-electron chi connectivity index (χ3n) is 4.20. The molecule has 4 amide bonds. The summed E-state index contributed by atoms with van der Waals surface area (Å²) in [6.07, 6.45) is 0.340. The first-order valence-electron chi connectivity index (χ1n) is 8.24. The standard InChI is InChI=1S/C17H21N3O5/c21-15(9-20-16(22)8-18-17(20)23)19-13-6-7-24-11-14(13)25-10-12-4-2-1-3-5-12/h1-5,13-14H,6-11H2,(H,18,23)(H,19,21). The number of hydrogen-bond donors (Lipinski definition) is 2. The molecule has 2 fully saturated rings. The zero-order valence-electron chi connectivity index (χ0n) is 13.8. The van der Waals surface area contributed by atoms with Crippen LogP contribution in [0.25, 0.3) is 0 Å². The van der Waals surface area contributed by atoms with Crippen molar-refractivity contribution in [2.45, 2.75) is 25.2 Å². The molecule has 2 heterocycles. The molecule has 2 unspecified atom stereocenters. The van der Waals surface area contributed by atoms with Crippen molar-refractivity contribution in [2.24, 2.45) is 0 Å². The Morgan fingerprint density at radius 2 is 2.12 bits per heavy atom. The molecular formula is C17H21N3O5. The van der Waals surface area contributed by atoms with Crippen LogP contribution < -0.4 is 10.6 Å². The van der Waals surface area contributed by atoms with Crippen LogP contribution in [0.15, 0.2) is 30.3 Å². The molecule has 2 aliphatic heterocycles. The monoisotopic (exact) mass is 347 g/mol. The third kappa shape index (κ3) is 4.55. The number of amides is 4. The van der Waals surface area contributed by atoms with Gasteiger partial charge in [-0.15, -0.1) is 0 Å². The quantitative estimate of drug-likeness (QED) is 0.708. The number of urea groups is 1. The summed E-state index contributed by atoms with van der Waals surface area (Å²) >= 11 is 0. The van der Waals surface area contributed by atoms with Gasteiger partial charge >= 0.3 is 6.03 Å². The lowest BCUT2D eigenvalue weighted by atomic mass is 10.1. The highest BCUT2D eigenvalue weighted by Crippen LogP contribution is 2.14. The molecule has 0 radical (unpaired) electrons. The number of ether oxygens (including phenoxy) is 2. The van der Waals surface area contributed by atoms with Crippen LogP contribution in [0.2, 0.25) is 0 Å². The summed E-state index contributed by atoms with van der Waals surface area (Å²) in [6.45, 7) is 0.994. The van der Waals surface area contributed by atoms with Crippen molar-refractivity contribution in [3.05, 3.63) is 35.9 Å². The van der Waals surface area contributed by atoms with E-state index in [-0.39, 0.29) is 31.1 Å². The van der Waals surface area contributed by atoms with Crippen molar-refractivity contribution in [2.75, 3.05) is 26.3 Å². The number of imide groups is 1. The van der Waals surface area contributed by atoms with E-state index < -0.39 is 11.9 Å². The molecule has 0 aliphatic carbocycles. The lowest BCUT2D eigenvalue weighted by Gasteiger charge is -2.32. The summed E-state index contributed by atoms with van der Waals surface area (Å²) in [5, 5.41) is 5.24. The number of nitrogens with one attached hydrogen (secondary N) is 2. The molecule has 8 nitrogen and oxygen atoms in total. The van der Waals surface area contributed by atoms with Crippen LogP contribution in [0, 0.1) is 0 Å². The van der Waals surface area contributed by atoms with Gasteiger partial charge in [-0.3, -0.25) is 14.5 Å². The van der Waals surface area contributed by atoms with Gasteiger partial charge in [0.15, 0.2) is 0 Å². The molecule has 8 heteroatoms. The maximum Gasteiger partial charge on any atom is 0.325 e. The van der Waals surface area contributed by atoms with Gasteiger partial charge in [-0.25, -0.2) is 4.79 Å². The van der Waals surface area contributed by atoms with Crippen molar-refractivity contribution in [3.8, 4) is 0 Å². The van der Waals surface area contributed by atoms with Crippen LogP contribution in [0.3, 0.4) is 0 Å². The Hall–Kier alpha value is -2.45. The van der Waals surface area contributed by atoms with E-state index in [1.807, 2.05) is 30.3 Å². The van der Waals surface area contributed by atoms with Crippen molar-refractivity contribution in [1.29, 1.82) is 0 Å². The second-order valence-corrected chi connectivity index (χ2v) is 6.01. The minimum atomic E-state index is -0.538. The van der Waals surface area contributed by atoms with Gasteiger partial charge < -0.3 is 20.1 Å². The molecule has 2 saturated heterocycles. The van der Waals surface area contributed by atoms with Gasteiger partial charge in [0.25, 0.3) is 5.91 Å². The molecule has 0 spiro atoms. The Morgan fingerprint density at radius 3 is 2.84 bits per heavy atom. The molecule has 2 aliphatic rings. The molecule has 2 atom stereocenters. The zero-order chi connectivity index (χ0) is 17.6. The minimum Gasteiger partial charge on any atom is -0.379 e. The molecule has 134 valence electrons. The van der Waals surface area contributed by atoms with Gasteiger partial charge in [0.05, 0.1) is 25.8 Å². The number of benzene rings is 1. The molecule has 0 saturated carbocycles. The van der Waals surface area contributed by atoms with Crippen LogP contribution in [-0.2, 0) is 25.7 Å². The molecule has 0 aromatic heterocycles. The van der Waals surface area contributed by atoms with E-state index >= 15 is 0 Å². The van der Waals surface area contributed by atoms with Gasteiger partial charge in [-0.05, 0) is 12.0 Å². The number of carbonyl (C=O) groups excluding carboxylic acids is 3. The van der Waals surface area contributed by atoms with Gasteiger partial charge in [-0.2, -0.15) is 0 Å². The Balaban J connectivity index is 1.52. The van der Waals surface area contributed by atoms with Crippen LogP contribution >= 0.6 is 0 Å². The highest BCUT2D eigenvalue weighted by Gasteiger charge is 2.32. The van der Waals surface area contributed by atoms with E-state index in [2.05, 4.69) is 10.6 Å². The van der Waals surface area contributed by atoms with Crippen molar-refractivity contribution in [3.63, 3.8) is 0 Å². The van der Waals surface area contributed by atoms with E-state index in [4.69, 9.17) is 9.47 Å². The Kier molecular flexibility index (Phi) is 5.62. The fourth-order valence-corrected chi connectivity index (χ4v) is 2.83. The van der Waals surface area contributed by atoms with Crippen molar-refractivity contribution >= 4 is 17.8 Å². The van der Waals surface area contributed by atoms with Crippen LogP contribution in [0.1, 0.15) is 12.0 Å². The fraction of sp³-hybridized carbons (Fsp3) is 0.471. The molecule has 1 aromatic carbocycles. The molecule has 0 bridgehead atoms. The summed E-state index contributed by atoms with van der Waals surface area (Å²) in [5.74, 6) is -0.783. The van der Waals surface area contributed by atoms with Crippen LogP contribution in [0.5, 0.6) is 0 Å². The maximum absolute atomic E-state index is 12.2. The summed E-state index contributed by atoms with van der Waals surface area (Å²) in [4.78, 5) is 36.2. The van der Waals surface area contributed by atoms with Gasteiger partial charge in [0, 0.05) is 6.61 Å². The Morgan fingerprint density at radius 1 is 1.32 bits per heavy atom. The lowest BCUT2D eigenvalue weighted by Crippen LogP contribution is -2.52. The first-order valence-corrected chi connectivity index (χ1v) is 8.24. The Bertz CT molecular complexity index is 620. The first kappa shape index (κ1) is 17.4. The van der Waals surface area contributed by atoms with Crippen molar-refractivity contribution in [1.82, 2.24) is 15.5 Å². The maximum atomic E-state index is 12.2. The summed E-state index contributed by atoms with van der Waals surface area (Å²) in [6, 6.07) is 8.99. The lowest BCUT2D eigenvalue weighted by molar-refractivity contribution is -0.133. The highest BCUT2D eigenvalue weighted by atomic mass is 16.5. The number of carbonyl (C=O) groups is 3. The second kappa shape index (κ2) is 8.09. The smallest absolute Gasteiger partial charge is 0.325 e. The average Bonchev–Trinajstić information content (AvgIpc) is 2.94. The van der Waals surface area contributed by atoms with E-state index in [0.717, 1.165) is 10.5 Å². The molecule has 2 N–H and O–H groups in total. The highest BCUT2D eigenvalue weighted by molar-refractivity contribution is 6.04. The first-order chi connectivity index (χ1) is 12.1. The third-order valence-corrected chi connectivity index (χ3v) is 4.20. The van der Waals surface area contributed by atoms with E-state index in [0.29, 0.717) is 26.2 Å².